The van der Waals surface area contributed by atoms with Crippen LogP contribution in [-0.2, 0) is 21.4 Å². The van der Waals surface area contributed by atoms with Crippen LogP contribution in [-0.4, -0.2) is 51.4 Å². The molecule has 1 aromatic heterocycles. The van der Waals surface area contributed by atoms with E-state index in [9.17, 15) is 24.8 Å². The molecule has 32 heavy (non-hydrogen) atoms. The van der Waals surface area contributed by atoms with Gasteiger partial charge >= 0.3 is 0 Å². The van der Waals surface area contributed by atoms with Crippen molar-refractivity contribution in [2.45, 2.75) is 6.04 Å². The molecular weight excluding hydrogens is 414 g/mol. The second kappa shape index (κ2) is 8.27. The van der Waals surface area contributed by atoms with Gasteiger partial charge in [-0.3, -0.25) is 19.7 Å². The van der Waals surface area contributed by atoms with Gasteiger partial charge in [-0.2, -0.15) is 0 Å². The van der Waals surface area contributed by atoms with Crippen LogP contribution in [0, 0.1) is 10.1 Å². The predicted octanol–water partition coefficient (Wildman–Crippen LogP) is 3.15. The van der Waals surface area contributed by atoms with E-state index in [0.29, 0.717) is 5.56 Å². The standard InChI is InChI=1S/C23H21N3O6/c1-24-13-17(16-8-3-4-9-18(16)24)20-19(22(28)23(29)25(20)10-11-32-2)21(27)14-6-5-7-15(12-14)26(30)31/h3-9,12-13,20,27H,10-11H2,1-2H3/b21-19+. The zero-order valence-electron chi connectivity index (χ0n) is 17.5. The maximum Gasteiger partial charge on any atom is 0.295 e. The number of aromatic nitrogens is 1. The quantitative estimate of drug-likeness (QED) is 0.209. The Balaban J connectivity index is 1.96. The van der Waals surface area contributed by atoms with E-state index >= 15 is 0 Å². The van der Waals surface area contributed by atoms with Gasteiger partial charge in [-0.1, -0.05) is 30.3 Å². The predicted molar refractivity (Wildman–Crippen MR) is 117 cm³/mol. The molecule has 1 saturated heterocycles. The summed E-state index contributed by atoms with van der Waals surface area (Å²) in [6.45, 7) is 0.339. The smallest absolute Gasteiger partial charge is 0.295 e. The van der Waals surface area contributed by atoms with Crippen molar-refractivity contribution < 1.29 is 24.4 Å². The Hall–Kier alpha value is -3.98. The Bertz CT molecular complexity index is 1280. The first kappa shape index (κ1) is 21.3. The van der Waals surface area contributed by atoms with E-state index in [2.05, 4.69) is 0 Å². The number of aliphatic hydroxyl groups is 1. The van der Waals surface area contributed by atoms with Crippen molar-refractivity contribution in [3.05, 3.63) is 81.5 Å². The molecule has 4 rings (SSSR count). The fourth-order valence-electron chi connectivity index (χ4n) is 4.14. The molecule has 2 heterocycles. The first-order valence-electron chi connectivity index (χ1n) is 9.91. The summed E-state index contributed by atoms with van der Waals surface area (Å²) in [4.78, 5) is 37.9. The number of para-hydroxylation sites is 1. The number of methoxy groups -OCH3 is 1. The number of Topliss-reactive ketones (excluding diaryl/α,β-unsaturated/α-hetero) is 1. The number of rotatable bonds is 6. The Morgan fingerprint density at radius 2 is 1.94 bits per heavy atom. The van der Waals surface area contributed by atoms with E-state index in [1.165, 1.54) is 36.3 Å². The average Bonchev–Trinajstić information content (AvgIpc) is 3.25. The summed E-state index contributed by atoms with van der Waals surface area (Å²) in [5, 5.41) is 23.1. The summed E-state index contributed by atoms with van der Waals surface area (Å²) < 4.78 is 7.01. The van der Waals surface area contributed by atoms with Gasteiger partial charge in [-0.05, 0) is 6.07 Å². The highest BCUT2D eigenvalue weighted by Gasteiger charge is 2.46. The molecule has 9 heteroatoms. The van der Waals surface area contributed by atoms with E-state index in [1.807, 2.05) is 42.1 Å². The summed E-state index contributed by atoms with van der Waals surface area (Å²) in [6.07, 6.45) is 1.82. The van der Waals surface area contributed by atoms with Crippen molar-refractivity contribution in [1.29, 1.82) is 0 Å². The van der Waals surface area contributed by atoms with Crippen LogP contribution in [0.5, 0.6) is 0 Å². The molecule has 9 nitrogen and oxygen atoms in total. The number of ether oxygens (including phenoxy) is 1. The number of nitro groups is 1. The highest BCUT2D eigenvalue weighted by molar-refractivity contribution is 6.46. The number of ketones is 1. The Morgan fingerprint density at radius 3 is 2.66 bits per heavy atom. The van der Waals surface area contributed by atoms with Crippen molar-refractivity contribution in [1.82, 2.24) is 9.47 Å². The van der Waals surface area contributed by atoms with Crippen LogP contribution in [0.3, 0.4) is 0 Å². The average molecular weight is 435 g/mol. The van der Waals surface area contributed by atoms with Gasteiger partial charge in [0.25, 0.3) is 17.4 Å². The Morgan fingerprint density at radius 1 is 1.19 bits per heavy atom. The first-order valence-corrected chi connectivity index (χ1v) is 9.91. The number of carbonyl (C=O) groups is 2. The molecular formula is C23H21N3O6. The van der Waals surface area contributed by atoms with E-state index in [1.54, 1.807) is 0 Å². The van der Waals surface area contributed by atoms with Gasteiger partial charge in [0, 0.05) is 61.1 Å². The molecule has 2 aromatic carbocycles. The van der Waals surface area contributed by atoms with Crippen molar-refractivity contribution in [3.63, 3.8) is 0 Å². The third kappa shape index (κ3) is 3.42. The Labute approximate surface area is 183 Å². The largest absolute Gasteiger partial charge is 0.507 e. The number of nitro benzene ring substituents is 1. The number of fused-ring (bicyclic) bond motifs is 1. The fourth-order valence-corrected chi connectivity index (χ4v) is 4.14. The van der Waals surface area contributed by atoms with Crippen LogP contribution in [0.25, 0.3) is 16.7 Å². The molecule has 164 valence electrons. The van der Waals surface area contributed by atoms with Crippen LogP contribution in [0.4, 0.5) is 5.69 Å². The van der Waals surface area contributed by atoms with Crippen LogP contribution in [0.2, 0.25) is 0 Å². The number of non-ortho nitro benzene ring substituents is 1. The van der Waals surface area contributed by atoms with Gasteiger partial charge in [0.2, 0.25) is 0 Å². The lowest BCUT2D eigenvalue weighted by Crippen LogP contribution is -2.32. The number of benzene rings is 2. The van der Waals surface area contributed by atoms with Gasteiger partial charge in [-0.25, -0.2) is 0 Å². The van der Waals surface area contributed by atoms with Crippen molar-refractivity contribution in [2.24, 2.45) is 7.05 Å². The molecule has 0 saturated carbocycles. The summed E-state index contributed by atoms with van der Waals surface area (Å²) in [5.41, 5.74) is 1.32. The minimum Gasteiger partial charge on any atom is -0.507 e. The highest BCUT2D eigenvalue weighted by atomic mass is 16.6. The molecule has 0 spiro atoms. The number of likely N-dealkylation sites (tertiary alicyclic amines) is 1. The summed E-state index contributed by atoms with van der Waals surface area (Å²) >= 11 is 0. The topological polar surface area (TPSA) is 115 Å². The number of amides is 1. The molecule has 3 aromatic rings. The maximum absolute atomic E-state index is 13.0. The highest BCUT2D eigenvalue weighted by Crippen LogP contribution is 2.42. The lowest BCUT2D eigenvalue weighted by Gasteiger charge is -2.24. The van der Waals surface area contributed by atoms with E-state index < -0.39 is 28.4 Å². The van der Waals surface area contributed by atoms with Crippen molar-refractivity contribution in [2.75, 3.05) is 20.3 Å². The summed E-state index contributed by atoms with van der Waals surface area (Å²) in [5.74, 6) is -2.06. The van der Waals surface area contributed by atoms with Crippen molar-refractivity contribution in [3.8, 4) is 0 Å². The van der Waals surface area contributed by atoms with E-state index in [4.69, 9.17) is 4.74 Å². The van der Waals surface area contributed by atoms with Gasteiger partial charge in [-0.15, -0.1) is 0 Å². The van der Waals surface area contributed by atoms with Gasteiger partial charge in [0.15, 0.2) is 0 Å². The second-order valence-corrected chi connectivity index (χ2v) is 7.51. The molecule has 1 aliphatic heterocycles. The number of nitrogens with zero attached hydrogens (tertiary/aromatic N) is 3. The van der Waals surface area contributed by atoms with Crippen LogP contribution >= 0.6 is 0 Å². The minimum absolute atomic E-state index is 0.0918. The molecule has 1 aliphatic rings. The third-order valence-electron chi connectivity index (χ3n) is 5.63. The van der Waals surface area contributed by atoms with Crippen LogP contribution < -0.4 is 0 Å². The SMILES string of the molecule is COCCN1C(=O)C(=O)/C(=C(/O)c2cccc([N+](=O)[O-])c2)C1c1cn(C)c2ccccc12. The van der Waals surface area contributed by atoms with Crippen LogP contribution in [0.1, 0.15) is 17.2 Å². The minimum atomic E-state index is -0.865. The molecule has 0 aliphatic carbocycles. The van der Waals surface area contributed by atoms with Gasteiger partial charge in [0.1, 0.15) is 5.76 Å². The monoisotopic (exact) mass is 435 g/mol. The number of hydrogen-bond donors (Lipinski definition) is 1. The lowest BCUT2D eigenvalue weighted by atomic mass is 9.95. The number of hydrogen-bond acceptors (Lipinski definition) is 6. The zero-order valence-corrected chi connectivity index (χ0v) is 17.5. The molecule has 0 radical (unpaired) electrons. The van der Waals surface area contributed by atoms with Crippen molar-refractivity contribution >= 4 is 34.0 Å². The Kier molecular flexibility index (Phi) is 5.50. The number of aliphatic hydroxyl groups excluding tert-OH is 1. The third-order valence-corrected chi connectivity index (χ3v) is 5.63. The molecule has 1 amide bonds. The number of aryl methyl sites for hydroxylation is 1. The summed E-state index contributed by atoms with van der Waals surface area (Å²) in [7, 11) is 3.35. The second-order valence-electron chi connectivity index (χ2n) is 7.51. The molecule has 1 N–H and O–H groups in total. The van der Waals surface area contributed by atoms with E-state index in [-0.39, 0.29) is 30.0 Å². The summed E-state index contributed by atoms with van der Waals surface area (Å²) in [6, 6.07) is 12.0. The lowest BCUT2D eigenvalue weighted by molar-refractivity contribution is -0.384. The normalized spacial score (nSPS) is 17.9. The molecule has 1 unspecified atom stereocenters. The molecule has 0 bridgehead atoms. The number of carbonyl (C=O) groups excluding carboxylic acids is 2. The van der Waals surface area contributed by atoms with Gasteiger partial charge in [0.05, 0.1) is 23.1 Å². The zero-order chi connectivity index (χ0) is 23.0. The van der Waals surface area contributed by atoms with E-state index in [0.717, 1.165) is 10.9 Å². The maximum atomic E-state index is 13.0. The fraction of sp³-hybridized carbons (Fsp3) is 0.217. The molecule has 1 fully saturated rings. The molecule has 1 atom stereocenters. The first-order chi connectivity index (χ1) is 15.3. The van der Waals surface area contributed by atoms with Gasteiger partial charge < -0.3 is 19.3 Å². The van der Waals surface area contributed by atoms with Crippen LogP contribution in [0.15, 0.2) is 60.3 Å².